The third-order valence-corrected chi connectivity index (χ3v) is 25.7. The fourth-order valence-electron chi connectivity index (χ4n) is 13.3. The molecule has 0 saturated carbocycles. The molecule has 0 saturated heterocycles. The van der Waals surface area contributed by atoms with Crippen molar-refractivity contribution in [2.45, 2.75) is 6.92 Å². The van der Waals surface area contributed by atoms with Gasteiger partial charge >= 0.3 is 0 Å². The molecule has 0 fully saturated rings. The van der Waals surface area contributed by atoms with E-state index in [1.54, 1.807) is 0 Å². The quantitative estimate of drug-likeness (QED) is 0.151. The van der Waals surface area contributed by atoms with Crippen LogP contribution in [0.5, 0.6) is 0 Å². The van der Waals surface area contributed by atoms with Crippen molar-refractivity contribution < 1.29 is 0 Å². The number of para-hydroxylation sites is 5. The highest BCUT2D eigenvalue weighted by Crippen LogP contribution is 2.43. The van der Waals surface area contributed by atoms with Gasteiger partial charge in [0, 0.05) is 50.0 Å². The van der Waals surface area contributed by atoms with Gasteiger partial charge in [0.25, 0.3) is 0 Å². The second-order valence-electron chi connectivity index (χ2n) is 19.6. The first-order valence-corrected chi connectivity index (χ1v) is 29.1. The van der Waals surface area contributed by atoms with Crippen molar-refractivity contribution in [3.05, 3.63) is 272 Å². The van der Waals surface area contributed by atoms with Gasteiger partial charge in [0.05, 0.1) is 22.1 Å². The van der Waals surface area contributed by atoms with Crippen LogP contribution in [-0.4, -0.2) is 25.3 Å². The minimum atomic E-state index is -3.16. The smallest absolute Gasteiger partial charge is 0.184 e. The molecule has 338 valence electrons. The lowest BCUT2D eigenvalue weighted by Gasteiger charge is -2.52. The Kier molecular flexibility index (Phi) is 8.92. The standard InChI is InChI=1S/C67H47N3Si2/c1-46-39-41-60-56(43-46)55-31-13-16-34-59(55)69(60)48-40-42-62-66(45-48)71(49-22-5-2-6-23-49,50-24-7-3-8-25-50)64-37-20-38-65-67(64)70(62)61-35-17-18-36-63(61)72(65,51-26-9-4-10-27-51)52-28-19-21-47(44-52)68-57-32-14-11-29-53(57)54-30-12-15-33-58(54)68/h2-45H,1H3. The maximum atomic E-state index is 2.68. The summed E-state index contributed by atoms with van der Waals surface area (Å²) >= 11 is 0. The zero-order valence-corrected chi connectivity index (χ0v) is 41.7. The van der Waals surface area contributed by atoms with Crippen LogP contribution in [0.3, 0.4) is 0 Å². The van der Waals surface area contributed by atoms with Gasteiger partial charge in [0.2, 0.25) is 0 Å². The van der Waals surface area contributed by atoms with Crippen LogP contribution in [0.1, 0.15) is 5.56 Å². The van der Waals surface area contributed by atoms with Crippen LogP contribution in [0.15, 0.2) is 267 Å². The maximum absolute atomic E-state index is 3.16. The van der Waals surface area contributed by atoms with Gasteiger partial charge in [-0.05, 0) is 115 Å². The van der Waals surface area contributed by atoms with E-state index in [2.05, 4.69) is 288 Å². The van der Waals surface area contributed by atoms with Crippen molar-refractivity contribution >= 4 is 118 Å². The third kappa shape index (κ3) is 5.49. The number of benzene rings is 11. The van der Waals surface area contributed by atoms with Gasteiger partial charge in [0.1, 0.15) is 0 Å². The molecule has 1 atom stereocenters. The lowest BCUT2D eigenvalue weighted by Crippen LogP contribution is -2.82. The predicted molar refractivity (Wildman–Crippen MR) is 309 cm³/mol. The Hall–Kier alpha value is -8.75. The van der Waals surface area contributed by atoms with E-state index >= 15 is 0 Å². The van der Waals surface area contributed by atoms with Gasteiger partial charge < -0.3 is 14.0 Å². The number of fused-ring (bicyclic) bond motifs is 10. The van der Waals surface area contributed by atoms with Crippen LogP contribution in [0, 0.1) is 6.92 Å². The minimum Gasteiger partial charge on any atom is -0.311 e. The number of aryl methyl sites for hydroxylation is 1. The van der Waals surface area contributed by atoms with E-state index in [1.807, 2.05) is 0 Å². The molecule has 0 N–H and O–H groups in total. The normalized spacial score (nSPS) is 15.4. The molecular formula is C67H47N3Si2. The summed E-state index contributed by atoms with van der Waals surface area (Å²) in [7, 11) is -6.31. The number of nitrogens with zero attached hydrogens (tertiary/aromatic N) is 3. The average molecular weight is 950 g/mol. The highest BCUT2D eigenvalue weighted by atomic mass is 28.3. The minimum absolute atomic E-state index is 1.17. The molecule has 0 spiro atoms. The number of hydrogen-bond acceptors (Lipinski definition) is 1. The Labute approximate surface area is 420 Å². The Morgan fingerprint density at radius 2 is 0.708 bits per heavy atom. The molecule has 2 aromatic heterocycles. The lowest BCUT2D eigenvalue weighted by atomic mass is 10.1. The maximum Gasteiger partial charge on any atom is 0.184 e. The van der Waals surface area contributed by atoms with Crippen molar-refractivity contribution in [2.75, 3.05) is 4.90 Å². The van der Waals surface area contributed by atoms with Crippen LogP contribution in [0.25, 0.3) is 55.0 Å². The van der Waals surface area contributed by atoms with E-state index in [0.29, 0.717) is 0 Å². The molecule has 2 aliphatic rings. The van der Waals surface area contributed by atoms with Crippen LogP contribution in [-0.2, 0) is 0 Å². The summed E-state index contributed by atoms with van der Waals surface area (Å²) in [6.07, 6.45) is 0. The molecule has 0 radical (unpaired) electrons. The Morgan fingerprint density at radius 3 is 1.31 bits per heavy atom. The summed E-state index contributed by atoms with van der Waals surface area (Å²) in [5.74, 6) is 0. The van der Waals surface area contributed by atoms with E-state index in [-0.39, 0.29) is 0 Å². The SMILES string of the molecule is Cc1ccc2c(c1)c1ccccc1n2-c1ccc2c(c1)[Si](c1ccccc1)(c1ccccc1)c1cccc3c1N2c1ccccc1[Si]3(c1ccccc1)c1cccc(-n2c3ccccc3c3ccccc32)c1. The summed E-state index contributed by atoms with van der Waals surface area (Å²) in [4.78, 5) is 2.68. The van der Waals surface area contributed by atoms with E-state index in [9.17, 15) is 0 Å². The first kappa shape index (κ1) is 41.1. The fourth-order valence-corrected chi connectivity index (χ4v) is 23.7. The molecule has 5 heteroatoms. The summed E-state index contributed by atoms with van der Waals surface area (Å²) in [5.41, 5.74) is 12.3. The molecule has 2 aliphatic heterocycles. The molecule has 13 aromatic rings. The lowest BCUT2D eigenvalue weighted by molar-refractivity contribution is 1.18. The van der Waals surface area contributed by atoms with Crippen molar-refractivity contribution in [1.82, 2.24) is 9.13 Å². The van der Waals surface area contributed by atoms with Crippen molar-refractivity contribution in [3.8, 4) is 11.4 Å². The van der Waals surface area contributed by atoms with Crippen LogP contribution < -0.4 is 46.4 Å². The van der Waals surface area contributed by atoms with Gasteiger partial charge in [-0.25, -0.2) is 0 Å². The molecule has 11 aromatic carbocycles. The molecule has 4 heterocycles. The molecule has 72 heavy (non-hydrogen) atoms. The topological polar surface area (TPSA) is 13.1 Å². The average Bonchev–Trinajstić information content (AvgIpc) is 3.96. The molecule has 3 nitrogen and oxygen atoms in total. The van der Waals surface area contributed by atoms with E-state index < -0.39 is 16.1 Å². The van der Waals surface area contributed by atoms with Gasteiger partial charge in [-0.15, -0.1) is 0 Å². The van der Waals surface area contributed by atoms with E-state index in [4.69, 9.17) is 0 Å². The number of rotatable bonds is 6. The first-order chi connectivity index (χ1) is 35.7. The fraction of sp³-hybridized carbons (Fsp3) is 0.0149. The first-order valence-electron chi connectivity index (χ1n) is 25.1. The van der Waals surface area contributed by atoms with E-state index in [1.165, 1.54) is 119 Å². The molecular weight excluding hydrogens is 903 g/mol. The van der Waals surface area contributed by atoms with Crippen molar-refractivity contribution in [2.24, 2.45) is 0 Å². The second-order valence-corrected chi connectivity index (χ2v) is 27.1. The van der Waals surface area contributed by atoms with Gasteiger partial charge in [-0.3, -0.25) is 0 Å². The summed E-state index contributed by atoms with van der Waals surface area (Å²) in [6, 6.07) is 102. The van der Waals surface area contributed by atoms with Gasteiger partial charge in [0.15, 0.2) is 16.1 Å². The molecule has 0 bridgehead atoms. The highest BCUT2D eigenvalue weighted by Gasteiger charge is 2.56. The Bertz CT molecular complexity index is 4220. The van der Waals surface area contributed by atoms with Crippen molar-refractivity contribution in [3.63, 3.8) is 0 Å². The largest absolute Gasteiger partial charge is 0.311 e. The Balaban J connectivity index is 1.08. The predicted octanol–water partition coefficient (Wildman–Crippen LogP) is 11.0. The molecule has 15 rings (SSSR count). The monoisotopic (exact) mass is 949 g/mol. The summed E-state index contributed by atoms with van der Waals surface area (Å²) < 4.78 is 4.99. The zero-order chi connectivity index (χ0) is 47.5. The van der Waals surface area contributed by atoms with Gasteiger partial charge in [-0.1, -0.05) is 206 Å². The third-order valence-electron chi connectivity index (χ3n) is 16.1. The molecule has 0 aliphatic carbocycles. The number of aromatic nitrogens is 2. The second kappa shape index (κ2) is 15.6. The van der Waals surface area contributed by atoms with Crippen LogP contribution >= 0.6 is 0 Å². The van der Waals surface area contributed by atoms with Crippen molar-refractivity contribution in [1.29, 1.82) is 0 Å². The summed E-state index contributed by atoms with van der Waals surface area (Å²) in [5, 5.41) is 16.2. The highest BCUT2D eigenvalue weighted by molar-refractivity contribution is 7.24. The van der Waals surface area contributed by atoms with Crippen LogP contribution in [0.4, 0.5) is 17.1 Å². The molecule has 1 unspecified atom stereocenters. The number of hydrogen-bond donors (Lipinski definition) is 0. The van der Waals surface area contributed by atoms with Crippen LogP contribution in [0.2, 0.25) is 0 Å². The zero-order valence-electron chi connectivity index (χ0n) is 39.7. The number of anilines is 3. The van der Waals surface area contributed by atoms with E-state index in [0.717, 1.165) is 0 Å². The summed E-state index contributed by atoms with van der Waals surface area (Å²) in [6.45, 7) is 2.20. The molecule has 0 amide bonds. The van der Waals surface area contributed by atoms with Gasteiger partial charge in [-0.2, -0.15) is 0 Å². The Morgan fingerprint density at radius 1 is 0.278 bits per heavy atom.